The third-order valence-electron chi connectivity index (χ3n) is 5.44. The Morgan fingerprint density at radius 1 is 1.29 bits per heavy atom. The van der Waals surface area contributed by atoms with Gasteiger partial charge in [0.2, 0.25) is 5.91 Å². The maximum atomic E-state index is 12.3. The summed E-state index contributed by atoms with van der Waals surface area (Å²) in [4.78, 5) is 34.7. The number of likely N-dealkylation sites (tertiary alicyclic amines) is 1. The van der Waals surface area contributed by atoms with E-state index in [9.17, 15) is 9.59 Å². The highest BCUT2D eigenvalue weighted by Gasteiger charge is 2.37. The van der Waals surface area contributed by atoms with Crippen LogP contribution in [0.25, 0.3) is 0 Å². The Balaban J connectivity index is 1.55. The molecule has 2 fully saturated rings. The molecular weight excluding hydrogens is 304 g/mol. The largest absolute Gasteiger partial charge is 0.350 e. The van der Waals surface area contributed by atoms with E-state index in [-0.39, 0.29) is 23.2 Å². The van der Waals surface area contributed by atoms with Crippen LogP contribution in [0, 0.1) is 11.3 Å². The van der Waals surface area contributed by atoms with E-state index in [2.05, 4.69) is 29.1 Å². The van der Waals surface area contributed by atoms with Crippen molar-refractivity contribution in [2.24, 2.45) is 11.3 Å². The summed E-state index contributed by atoms with van der Waals surface area (Å²) in [5, 5.41) is 2.97. The monoisotopic (exact) mass is 330 g/mol. The molecule has 1 aromatic heterocycles. The highest BCUT2D eigenvalue weighted by atomic mass is 16.2. The Morgan fingerprint density at radius 3 is 2.83 bits per heavy atom. The van der Waals surface area contributed by atoms with E-state index >= 15 is 0 Å². The number of aromatic nitrogens is 2. The molecule has 3 heterocycles. The molecule has 1 saturated heterocycles. The Morgan fingerprint density at radius 2 is 2.08 bits per heavy atom. The summed E-state index contributed by atoms with van der Waals surface area (Å²) in [6, 6.07) is 0. The third kappa shape index (κ3) is 2.94. The van der Waals surface area contributed by atoms with Crippen LogP contribution < -0.4 is 5.32 Å². The summed E-state index contributed by atoms with van der Waals surface area (Å²) in [5.41, 5.74) is 1.50. The van der Waals surface area contributed by atoms with Gasteiger partial charge in [-0.15, -0.1) is 0 Å². The van der Waals surface area contributed by atoms with Gasteiger partial charge in [-0.2, -0.15) is 0 Å². The molecule has 2 N–H and O–H groups in total. The average molecular weight is 330 g/mol. The molecule has 2 amide bonds. The molecule has 2 aliphatic heterocycles. The molecule has 3 aliphatic rings. The smallest absolute Gasteiger partial charge is 0.271 e. The first-order valence-electron chi connectivity index (χ1n) is 9.09. The number of amides is 2. The van der Waals surface area contributed by atoms with E-state index < -0.39 is 0 Å². The number of H-pyrrole nitrogens is 1. The first-order chi connectivity index (χ1) is 11.4. The van der Waals surface area contributed by atoms with Gasteiger partial charge in [0, 0.05) is 37.2 Å². The van der Waals surface area contributed by atoms with Crippen LogP contribution in [0.4, 0.5) is 0 Å². The molecule has 1 aromatic rings. The Bertz CT molecular complexity index is 675. The number of carbonyl (C=O) groups excluding carboxylic acids is 2. The lowest BCUT2D eigenvalue weighted by atomic mass is 9.88. The van der Waals surface area contributed by atoms with Crippen LogP contribution in [-0.4, -0.2) is 46.3 Å². The second kappa shape index (κ2) is 5.60. The highest BCUT2D eigenvalue weighted by Crippen LogP contribution is 2.34. The number of carbonyl (C=O) groups is 2. The molecule has 6 nitrogen and oxygen atoms in total. The molecule has 24 heavy (non-hydrogen) atoms. The number of nitrogens with zero attached hydrogens (tertiary/aromatic N) is 2. The predicted molar refractivity (Wildman–Crippen MR) is 89.7 cm³/mol. The standard InChI is InChI=1S/C18H26N4O2/c1-18(2)8-13-14(16(23)19-10-18)21-15(20-13)12-4-3-7-22(9-12)17(24)11-5-6-11/h11-12H,3-10H2,1-2H3,(H,19,23)(H,20,21)/t12-/m0/s1. The quantitative estimate of drug-likeness (QED) is 0.868. The number of piperidine rings is 1. The molecule has 1 saturated carbocycles. The van der Waals surface area contributed by atoms with Crippen LogP contribution in [0.15, 0.2) is 0 Å². The van der Waals surface area contributed by atoms with Crippen molar-refractivity contribution in [2.75, 3.05) is 19.6 Å². The van der Waals surface area contributed by atoms with E-state index in [1.54, 1.807) is 0 Å². The molecule has 0 unspecified atom stereocenters. The van der Waals surface area contributed by atoms with Crippen molar-refractivity contribution in [1.82, 2.24) is 20.2 Å². The van der Waals surface area contributed by atoms with Crippen molar-refractivity contribution in [2.45, 2.75) is 51.9 Å². The number of rotatable bonds is 2. The Labute approximate surface area is 142 Å². The summed E-state index contributed by atoms with van der Waals surface area (Å²) in [5.74, 6) is 1.58. The van der Waals surface area contributed by atoms with Gasteiger partial charge in [-0.3, -0.25) is 9.59 Å². The second-order valence-electron chi connectivity index (χ2n) is 8.37. The highest BCUT2D eigenvalue weighted by molar-refractivity contribution is 5.94. The van der Waals surface area contributed by atoms with E-state index in [0.29, 0.717) is 18.1 Å². The molecular formula is C18H26N4O2. The molecule has 130 valence electrons. The van der Waals surface area contributed by atoms with E-state index in [1.165, 1.54) is 0 Å². The molecule has 4 rings (SSSR count). The van der Waals surface area contributed by atoms with Gasteiger partial charge in [-0.05, 0) is 37.5 Å². The van der Waals surface area contributed by atoms with Gasteiger partial charge in [-0.1, -0.05) is 13.8 Å². The zero-order chi connectivity index (χ0) is 16.9. The van der Waals surface area contributed by atoms with Gasteiger partial charge in [0.25, 0.3) is 5.91 Å². The molecule has 0 aromatic carbocycles. The Kier molecular flexibility index (Phi) is 3.66. The lowest BCUT2D eigenvalue weighted by molar-refractivity contribution is -0.133. The average Bonchev–Trinajstić information content (AvgIpc) is 3.34. The molecule has 1 aliphatic carbocycles. The van der Waals surface area contributed by atoms with Crippen LogP contribution in [0.5, 0.6) is 0 Å². The summed E-state index contributed by atoms with van der Waals surface area (Å²) < 4.78 is 0. The topological polar surface area (TPSA) is 78.1 Å². The molecule has 0 radical (unpaired) electrons. The minimum Gasteiger partial charge on any atom is -0.350 e. The fourth-order valence-electron chi connectivity index (χ4n) is 3.87. The maximum Gasteiger partial charge on any atom is 0.271 e. The molecule has 1 atom stereocenters. The second-order valence-corrected chi connectivity index (χ2v) is 8.37. The van der Waals surface area contributed by atoms with E-state index in [1.807, 2.05) is 4.90 Å². The van der Waals surface area contributed by atoms with Crippen LogP contribution in [-0.2, 0) is 11.2 Å². The number of nitrogens with one attached hydrogen (secondary N) is 2. The summed E-state index contributed by atoms with van der Waals surface area (Å²) in [6.45, 7) is 6.56. The van der Waals surface area contributed by atoms with Crippen molar-refractivity contribution in [3.63, 3.8) is 0 Å². The third-order valence-corrected chi connectivity index (χ3v) is 5.44. The van der Waals surface area contributed by atoms with Gasteiger partial charge < -0.3 is 15.2 Å². The zero-order valence-corrected chi connectivity index (χ0v) is 14.5. The SMILES string of the molecule is CC1(C)CNC(=O)c2nc([C@H]3CCCN(C(=O)C4CC4)C3)[nH]c2C1. The molecule has 6 heteroatoms. The number of hydrogen-bond acceptors (Lipinski definition) is 3. The number of aromatic amines is 1. The van der Waals surface area contributed by atoms with Crippen molar-refractivity contribution in [3.05, 3.63) is 17.2 Å². The normalized spacial score (nSPS) is 26.5. The number of imidazole rings is 1. The minimum atomic E-state index is -0.0835. The van der Waals surface area contributed by atoms with E-state index in [0.717, 1.165) is 56.7 Å². The van der Waals surface area contributed by atoms with Crippen LogP contribution >= 0.6 is 0 Å². The van der Waals surface area contributed by atoms with Crippen LogP contribution in [0.1, 0.15) is 67.5 Å². The van der Waals surface area contributed by atoms with Gasteiger partial charge in [0.15, 0.2) is 0 Å². The zero-order valence-electron chi connectivity index (χ0n) is 14.5. The predicted octanol–water partition coefficient (Wildman–Crippen LogP) is 1.84. The molecule has 0 spiro atoms. The van der Waals surface area contributed by atoms with E-state index in [4.69, 9.17) is 0 Å². The number of hydrogen-bond donors (Lipinski definition) is 2. The Hall–Kier alpha value is -1.85. The van der Waals surface area contributed by atoms with Gasteiger partial charge in [0.1, 0.15) is 11.5 Å². The van der Waals surface area contributed by atoms with Gasteiger partial charge in [-0.25, -0.2) is 4.98 Å². The lowest BCUT2D eigenvalue weighted by Crippen LogP contribution is -2.40. The number of fused-ring (bicyclic) bond motifs is 1. The van der Waals surface area contributed by atoms with Crippen molar-refractivity contribution < 1.29 is 9.59 Å². The molecule has 0 bridgehead atoms. The first kappa shape index (κ1) is 15.7. The van der Waals surface area contributed by atoms with Crippen molar-refractivity contribution in [1.29, 1.82) is 0 Å². The lowest BCUT2D eigenvalue weighted by Gasteiger charge is -2.32. The van der Waals surface area contributed by atoms with Gasteiger partial charge >= 0.3 is 0 Å². The van der Waals surface area contributed by atoms with Crippen LogP contribution in [0.2, 0.25) is 0 Å². The van der Waals surface area contributed by atoms with Crippen molar-refractivity contribution in [3.8, 4) is 0 Å². The maximum absolute atomic E-state index is 12.3. The van der Waals surface area contributed by atoms with Gasteiger partial charge in [0.05, 0.1) is 0 Å². The van der Waals surface area contributed by atoms with Crippen molar-refractivity contribution >= 4 is 11.8 Å². The minimum absolute atomic E-state index is 0.0191. The van der Waals surface area contributed by atoms with Crippen LogP contribution in [0.3, 0.4) is 0 Å². The summed E-state index contributed by atoms with van der Waals surface area (Å²) in [7, 11) is 0. The first-order valence-corrected chi connectivity index (χ1v) is 9.09. The summed E-state index contributed by atoms with van der Waals surface area (Å²) in [6.07, 6.45) is 4.93. The summed E-state index contributed by atoms with van der Waals surface area (Å²) >= 11 is 0. The fourth-order valence-corrected chi connectivity index (χ4v) is 3.87. The fraction of sp³-hybridized carbons (Fsp3) is 0.722.